The van der Waals surface area contributed by atoms with Crippen molar-refractivity contribution in [2.45, 2.75) is 57.4 Å². The predicted octanol–water partition coefficient (Wildman–Crippen LogP) is 2.33. The summed E-state index contributed by atoms with van der Waals surface area (Å²) in [5.41, 5.74) is 1.10. The van der Waals surface area contributed by atoms with E-state index >= 15 is 0 Å². The van der Waals surface area contributed by atoms with Gasteiger partial charge < -0.3 is 30.4 Å². The van der Waals surface area contributed by atoms with E-state index in [1.807, 2.05) is 0 Å². The maximum atomic E-state index is 14.1. The molecule has 2 aliphatic carbocycles. The van der Waals surface area contributed by atoms with Gasteiger partial charge in [0, 0.05) is 37.4 Å². The smallest absolute Gasteiger partial charge is 0.392 e. The Labute approximate surface area is 213 Å². The van der Waals surface area contributed by atoms with Crippen LogP contribution in [-0.4, -0.2) is 56.0 Å². The molecule has 1 aromatic carbocycles. The third-order valence-corrected chi connectivity index (χ3v) is 7.90. The second-order valence-electron chi connectivity index (χ2n) is 10.1. The lowest BCUT2D eigenvalue weighted by atomic mass is 9.93. The fourth-order valence-electron chi connectivity index (χ4n) is 5.17. The minimum Gasteiger partial charge on any atom is -0.392 e. The molecular weight excluding hydrogens is 504 g/mol. The van der Waals surface area contributed by atoms with Crippen LogP contribution in [0.3, 0.4) is 0 Å². The van der Waals surface area contributed by atoms with Gasteiger partial charge in [-0.05, 0) is 55.6 Å². The van der Waals surface area contributed by atoms with Gasteiger partial charge in [0.2, 0.25) is 5.95 Å². The number of halogens is 1. The second kappa shape index (κ2) is 10.6. The van der Waals surface area contributed by atoms with Crippen molar-refractivity contribution in [2.75, 3.05) is 23.3 Å². The summed E-state index contributed by atoms with van der Waals surface area (Å²) in [4.78, 5) is 42.4. The third kappa shape index (κ3) is 6.45. The molecule has 0 spiro atoms. The lowest BCUT2D eigenvalue weighted by Gasteiger charge is -2.29. The van der Waals surface area contributed by atoms with Gasteiger partial charge in [0.1, 0.15) is 17.2 Å². The number of aliphatic hydroxyl groups is 1. The molecule has 0 bridgehead atoms. The normalized spacial score (nSPS) is 25.0. The Hall–Kier alpha value is -2.63. The highest BCUT2D eigenvalue weighted by molar-refractivity contribution is 7.46. The first-order valence-corrected chi connectivity index (χ1v) is 14.0. The van der Waals surface area contributed by atoms with Crippen LogP contribution in [0.2, 0.25) is 0 Å². The number of hydrogen-bond acceptors (Lipinski definition) is 8. The number of aliphatic hydroxyl groups excluding tert-OH is 1. The van der Waals surface area contributed by atoms with Crippen LogP contribution in [0, 0.1) is 17.7 Å². The van der Waals surface area contributed by atoms with Crippen molar-refractivity contribution in [3.8, 4) is 0 Å². The van der Waals surface area contributed by atoms with Crippen molar-refractivity contribution < 1.29 is 33.2 Å². The van der Waals surface area contributed by atoms with E-state index in [0.29, 0.717) is 54.8 Å². The van der Waals surface area contributed by atoms with Gasteiger partial charge in [0.15, 0.2) is 0 Å². The number of rotatable bonds is 9. The van der Waals surface area contributed by atoms with Crippen molar-refractivity contribution in [1.29, 1.82) is 0 Å². The number of amides is 1. The van der Waals surface area contributed by atoms with Crippen molar-refractivity contribution in [3.05, 3.63) is 46.9 Å². The first-order valence-electron chi connectivity index (χ1n) is 12.5. The number of hydrogen-bond donors (Lipinski definition) is 5. The van der Waals surface area contributed by atoms with E-state index in [2.05, 4.69) is 25.5 Å². The molecule has 5 rings (SSSR count). The monoisotopic (exact) mass is 535 g/mol. The molecule has 1 aromatic heterocycles. The van der Waals surface area contributed by atoms with Gasteiger partial charge in [0.25, 0.3) is 5.91 Å². The predicted molar refractivity (Wildman–Crippen MR) is 132 cm³/mol. The number of fused-ring (bicyclic) bond motifs is 1. The van der Waals surface area contributed by atoms with Crippen LogP contribution in [0.15, 0.2) is 24.4 Å². The maximum absolute atomic E-state index is 14.1. The number of carbonyl (C=O) groups excluding carboxylic acids is 1. The summed E-state index contributed by atoms with van der Waals surface area (Å²) in [6.45, 7) is 1.62. The average molecular weight is 536 g/mol. The average Bonchev–Trinajstić information content (AvgIpc) is 3.47. The minimum absolute atomic E-state index is 0.178. The zero-order chi connectivity index (χ0) is 26.2. The SMILES string of the molecule is O=C(N[C@H]1CC[C@H](OP(=O)(O)O)CC1)c1cnc(N2CC3CC3C2)nc1NCc1ccc(CO)c(F)c1. The fraction of sp³-hybridized carbons (Fsp3) is 0.542. The summed E-state index contributed by atoms with van der Waals surface area (Å²) >= 11 is 0. The number of nitrogens with one attached hydrogen (secondary N) is 2. The Morgan fingerprint density at radius 1 is 1.19 bits per heavy atom. The number of benzene rings is 1. The summed E-state index contributed by atoms with van der Waals surface area (Å²) in [7, 11) is -4.54. The van der Waals surface area contributed by atoms with Crippen LogP contribution in [-0.2, 0) is 22.2 Å². The lowest BCUT2D eigenvalue weighted by molar-refractivity contribution is 0.0820. The maximum Gasteiger partial charge on any atom is 0.469 e. The Balaban J connectivity index is 1.28. The second-order valence-corrected chi connectivity index (χ2v) is 11.3. The molecule has 2 heterocycles. The lowest BCUT2D eigenvalue weighted by Crippen LogP contribution is -2.39. The van der Waals surface area contributed by atoms with Gasteiger partial charge in [-0.25, -0.2) is 13.9 Å². The molecule has 2 saturated carbocycles. The topological polar surface area (TPSA) is 157 Å². The van der Waals surface area contributed by atoms with Crippen molar-refractivity contribution in [1.82, 2.24) is 15.3 Å². The molecule has 3 fully saturated rings. The molecule has 3 aliphatic rings. The van der Waals surface area contributed by atoms with E-state index in [4.69, 9.17) is 14.3 Å². The Morgan fingerprint density at radius 2 is 1.92 bits per heavy atom. The number of carbonyl (C=O) groups is 1. The molecule has 1 saturated heterocycles. The third-order valence-electron chi connectivity index (χ3n) is 7.33. The van der Waals surface area contributed by atoms with Crippen LogP contribution < -0.4 is 15.5 Å². The summed E-state index contributed by atoms with van der Waals surface area (Å²) in [6.07, 6.45) is 4.07. The van der Waals surface area contributed by atoms with Gasteiger partial charge in [-0.15, -0.1) is 0 Å². The molecule has 37 heavy (non-hydrogen) atoms. The summed E-state index contributed by atoms with van der Waals surface area (Å²) < 4.78 is 30.0. The van der Waals surface area contributed by atoms with Crippen molar-refractivity contribution >= 4 is 25.5 Å². The van der Waals surface area contributed by atoms with Gasteiger partial charge in [0.05, 0.1) is 12.7 Å². The number of nitrogens with zero attached hydrogens (tertiary/aromatic N) is 3. The molecule has 11 nitrogen and oxygen atoms in total. The van der Waals surface area contributed by atoms with Crippen molar-refractivity contribution in [3.63, 3.8) is 0 Å². The van der Waals surface area contributed by atoms with Crippen LogP contribution >= 0.6 is 7.82 Å². The van der Waals surface area contributed by atoms with Gasteiger partial charge in [-0.3, -0.25) is 9.32 Å². The largest absolute Gasteiger partial charge is 0.469 e. The van der Waals surface area contributed by atoms with Crippen LogP contribution in [0.25, 0.3) is 0 Å². The van der Waals surface area contributed by atoms with E-state index in [-0.39, 0.29) is 36.2 Å². The zero-order valence-electron chi connectivity index (χ0n) is 20.2. The van der Waals surface area contributed by atoms with Crippen LogP contribution in [0.1, 0.15) is 53.6 Å². The molecule has 2 aromatic rings. The summed E-state index contributed by atoms with van der Waals surface area (Å²) in [5.74, 6) is 1.38. The molecule has 13 heteroatoms. The molecule has 1 aliphatic heterocycles. The molecule has 200 valence electrons. The molecule has 1 amide bonds. The zero-order valence-corrected chi connectivity index (χ0v) is 21.1. The van der Waals surface area contributed by atoms with E-state index in [9.17, 15) is 18.9 Å². The highest BCUT2D eigenvalue weighted by atomic mass is 31.2. The Bertz CT molecular complexity index is 1190. The van der Waals surface area contributed by atoms with E-state index in [1.54, 1.807) is 6.07 Å². The molecule has 2 atom stereocenters. The first kappa shape index (κ1) is 26.0. The first-order chi connectivity index (χ1) is 17.7. The van der Waals surface area contributed by atoms with Gasteiger partial charge >= 0.3 is 7.82 Å². The number of anilines is 2. The van der Waals surface area contributed by atoms with Crippen LogP contribution in [0.5, 0.6) is 0 Å². The fourth-order valence-corrected chi connectivity index (χ4v) is 5.77. The summed E-state index contributed by atoms with van der Waals surface area (Å²) in [5, 5.41) is 15.3. The van der Waals surface area contributed by atoms with Crippen LogP contribution in [0.4, 0.5) is 16.2 Å². The molecule has 0 radical (unpaired) electrons. The van der Waals surface area contributed by atoms with Gasteiger partial charge in [-0.2, -0.15) is 4.98 Å². The molecular formula is C24H31FN5O6P. The highest BCUT2D eigenvalue weighted by Crippen LogP contribution is 2.45. The van der Waals surface area contributed by atoms with Crippen molar-refractivity contribution in [2.24, 2.45) is 11.8 Å². The minimum atomic E-state index is -4.54. The molecule has 2 unspecified atom stereocenters. The highest BCUT2D eigenvalue weighted by Gasteiger charge is 2.46. The number of phosphoric ester groups is 1. The van der Waals surface area contributed by atoms with E-state index in [0.717, 1.165) is 13.1 Å². The number of aromatic nitrogens is 2. The van der Waals surface area contributed by atoms with Gasteiger partial charge in [-0.1, -0.05) is 12.1 Å². The summed E-state index contributed by atoms with van der Waals surface area (Å²) in [6, 6.07) is 4.39. The molecule has 5 N–H and O–H groups in total. The number of phosphoric acid groups is 1. The van der Waals surface area contributed by atoms with E-state index in [1.165, 1.54) is 24.8 Å². The Kier molecular flexibility index (Phi) is 7.46. The Morgan fingerprint density at radius 3 is 2.57 bits per heavy atom. The quantitative estimate of drug-likeness (QED) is 0.302. The standard InChI is InChI=1S/C24H31FN5O6P/c25-21-7-14(1-2-15(21)13-31)9-26-22-20(10-27-24(29-22)30-11-16-8-17(16)12-30)23(32)28-18-3-5-19(6-4-18)36-37(33,34)35/h1-2,7,10,16-19,31H,3-6,8-9,11-13H2,(H,28,32)(H,26,27,29)(H2,33,34,35)/t16?,17?,18-,19-. The number of piperidine rings is 1. The van der Waals surface area contributed by atoms with E-state index < -0.39 is 19.7 Å².